The van der Waals surface area contributed by atoms with Gasteiger partial charge < -0.3 is 10.1 Å². The third kappa shape index (κ3) is 5.94. The Hall–Kier alpha value is -3.15. The second-order valence-corrected chi connectivity index (χ2v) is 7.55. The van der Waals surface area contributed by atoms with E-state index in [1.54, 1.807) is 37.6 Å². The Labute approximate surface area is 166 Å². The molecule has 0 bridgehead atoms. The third-order valence-electron chi connectivity index (χ3n) is 4.31. The summed E-state index contributed by atoms with van der Waals surface area (Å²) in [6, 6.07) is 14.8. The molecule has 0 saturated carbocycles. The van der Waals surface area contributed by atoms with Crippen LogP contribution in [0.15, 0.2) is 53.6 Å². The van der Waals surface area contributed by atoms with Gasteiger partial charge in [0.05, 0.1) is 13.3 Å². The zero-order chi connectivity index (χ0) is 20.7. The number of rotatable bonds is 6. The summed E-state index contributed by atoms with van der Waals surface area (Å²) >= 11 is 0. The second-order valence-electron chi connectivity index (χ2n) is 7.55. The minimum Gasteiger partial charge on any atom is -0.497 e. The van der Waals surface area contributed by atoms with Gasteiger partial charge in [-0.3, -0.25) is 9.59 Å². The Morgan fingerprint density at radius 1 is 1.00 bits per heavy atom. The average molecular weight is 381 g/mol. The third-order valence-corrected chi connectivity index (χ3v) is 4.31. The zero-order valence-corrected chi connectivity index (χ0v) is 16.9. The summed E-state index contributed by atoms with van der Waals surface area (Å²) < 4.78 is 5.07. The molecule has 2 amide bonds. The van der Waals surface area contributed by atoms with E-state index in [0.29, 0.717) is 11.4 Å². The van der Waals surface area contributed by atoms with Crippen LogP contribution in [0.3, 0.4) is 0 Å². The molecule has 0 fully saturated rings. The number of nitrogens with zero attached hydrogens (tertiary/aromatic N) is 1. The van der Waals surface area contributed by atoms with Crippen molar-refractivity contribution in [3.05, 3.63) is 59.7 Å². The Morgan fingerprint density at radius 2 is 1.61 bits per heavy atom. The van der Waals surface area contributed by atoms with Crippen molar-refractivity contribution >= 4 is 23.7 Å². The largest absolute Gasteiger partial charge is 0.497 e. The maximum absolute atomic E-state index is 12.2. The molecule has 0 heterocycles. The van der Waals surface area contributed by atoms with E-state index >= 15 is 0 Å². The topological polar surface area (TPSA) is 79.8 Å². The lowest BCUT2D eigenvalue weighted by Gasteiger charge is -2.18. The van der Waals surface area contributed by atoms with Gasteiger partial charge in [0.1, 0.15) is 11.7 Å². The van der Waals surface area contributed by atoms with Crippen molar-refractivity contribution in [2.24, 2.45) is 11.0 Å². The van der Waals surface area contributed by atoms with Gasteiger partial charge in [-0.15, -0.1) is 0 Å². The molecule has 148 valence electrons. The molecule has 2 aromatic carbocycles. The van der Waals surface area contributed by atoms with Crippen LogP contribution >= 0.6 is 0 Å². The van der Waals surface area contributed by atoms with E-state index < -0.39 is 17.7 Å². The normalized spacial score (nSPS) is 12.5. The van der Waals surface area contributed by atoms with Crippen LogP contribution in [0, 0.1) is 5.92 Å². The fourth-order valence-electron chi connectivity index (χ4n) is 2.38. The van der Waals surface area contributed by atoms with Crippen molar-refractivity contribution in [2.45, 2.75) is 33.1 Å². The molecule has 0 aliphatic rings. The average Bonchev–Trinajstić information content (AvgIpc) is 2.67. The lowest BCUT2D eigenvalue weighted by Crippen LogP contribution is -2.34. The number of hydrazone groups is 1. The predicted molar refractivity (Wildman–Crippen MR) is 112 cm³/mol. The molecule has 2 aromatic rings. The summed E-state index contributed by atoms with van der Waals surface area (Å²) in [7, 11) is 1.57. The van der Waals surface area contributed by atoms with Crippen LogP contribution in [0.5, 0.6) is 5.75 Å². The van der Waals surface area contributed by atoms with Gasteiger partial charge in [-0.05, 0) is 47.7 Å². The van der Waals surface area contributed by atoms with E-state index in [2.05, 4.69) is 36.6 Å². The summed E-state index contributed by atoms with van der Waals surface area (Å²) in [4.78, 5) is 24.4. The molecule has 0 spiro atoms. The van der Waals surface area contributed by atoms with Crippen LogP contribution in [0.4, 0.5) is 5.69 Å². The van der Waals surface area contributed by atoms with Crippen LogP contribution in [-0.4, -0.2) is 25.1 Å². The number of ether oxygens (including phenoxy) is 1. The highest BCUT2D eigenvalue weighted by Crippen LogP contribution is 2.21. The first kappa shape index (κ1) is 21.2. The first-order valence-corrected chi connectivity index (χ1v) is 9.09. The molecule has 0 aliphatic carbocycles. The highest BCUT2D eigenvalue weighted by atomic mass is 16.5. The first-order valence-electron chi connectivity index (χ1n) is 9.09. The summed E-state index contributed by atoms with van der Waals surface area (Å²) in [6.45, 7) is 7.97. The monoisotopic (exact) mass is 381 g/mol. The van der Waals surface area contributed by atoms with Gasteiger partial charge in [0.25, 0.3) is 5.91 Å². The molecule has 0 aliphatic heterocycles. The van der Waals surface area contributed by atoms with E-state index in [9.17, 15) is 9.59 Å². The molecule has 0 aromatic heterocycles. The molecule has 0 radical (unpaired) electrons. The van der Waals surface area contributed by atoms with Gasteiger partial charge in [0, 0.05) is 5.69 Å². The Morgan fingerprint density at radius 3 is 2.14 bits per heavy atom. The van der Waals surface area contributed by atoms with Crippen LogP contribution in [0.25, 0.3) is 0 Å². The van der Waals surface area contributed by atoms with E-state index in [0.717, 1.165) is 5.56 Å². The highest BCUT2D eigenvalue weighted by Gasteiger charge is 2.21. The number of carbonyl (C=O) groups excluding carboxylic acids is 2. The molecule has 0 saturated heterocycles. The Kier molecular flexibility index (Phi) is 6.93. The summed E-state index contributed by atoms with van der Waals surface area (Å²) in [5.74, 6) is -1.09. The van der Waals surface area contributed by atoms with Crippen LogP contribution in [0.2, 0.25) is 0 Å². The molecule has 28 heavy (non-hydrogen) atoms. The molecular weight excluding hydrogens is 354 g/mol. The van der Waals surface area contributed by atoms with E-state index in [1.807, 2.05) is 24.3 Å². The summed E-state index contributed by atoms with van der Waals surface area (Å²) in [6.07, 6.45) is 1.55. The first-order chi connectivity index (χ1) is 13.2. The predicted octanol–water partition coefficient (Wildman–Crippen LogP) is 3.72. The van der Waals surface area contributed by atoms with Gasteiger partial charge in [0.2, 0.25) is 5.91 Å². The minimum atomic E-state index is -0.887. The van der Waals surface area contributed by atoms with Gasteiger partial charge >= 0.3 is 0 Å². The molecule has 2 rings (SSSR count). The SMILES string of the molecule is COc1ccc(NC(=O)C(C)C(=O)NN=Cc2ccc(C(C)(C)C)cc2)cc1. The van der Waals surface area contributed by atoms with Crippen molar-refractivity contribution in [1.82, 2.24) is 5.43 Å². The van der Waals surface area contributed by atoms with Crippen molar-refractivity contribution in [1.29, 1.82) is 0 Å². The maximum Gasteiger partial charge on any atom is 0.252 e. The van der Waals surface area contributed by atoms with E-state index in [4.69, 9.17) is 4.74 Å². The summed E-state index contributed by atoms with van der Waals surface area (Å²) in [5, 5.41) is 6.64. The number of amides is 2. The smallest absolute Gasteiger partial charge is 0.252 e. The molecule has 2 N–H and O–H groups in total. The number of nitrogens with one attached hydrogen (secondary N) is 2. The fraction of sp³-hybridized carbons (Fsp3) is 0.318. The molecule has 1 atom stereocenters. The Balaban J connectivity index is 1.88. The number of methoxy groups -OCH3 is 1. The molecule has 6 heteroatoms. The minimum absolute atomic E-state index is 0.0799. The molecular formula is C22H27N3O3. The second kappa shape index (κ2) is 9.17. The van der Waals surface area contributed by atoms with Gasteiger partial charge in [-0.25, -0.2) is 5.43 Å². The zero-order valence-electron chi connectivity index (χ0n) is 16.9. The number of carbonyl (C=O) groups is 2. The van der Waals surface area contributed by atoms with Crippen LogP contribution in [-0.2, 0) is 15.0 Å². The fourth-order valence-corrected chi connectivity index (χ4v) is 2.38. The Bertz CT molecular complexity index is 835. The number of benzene rings is 2. The molecule has 6 nitrogen and oxygen atoms in total. The standard InChI is InChI=1S/C22H27N3O3/c1-15(20(26)24-18-10-12-19(28-5)13-11-18)21(27)25-23-14-16-6-8-17(9-7-16)22(2,3)4/h6-15H,1-5H3,(H,24,26)(H,25,27). The van der Waals surface area contributed by atoms with Crippen molar-refractivity contribution < 1.29 is 14.3 Å². The summed E-state index contributed by atoms with van der Waals surface area (Å²) in [5.41, 5.74) is 5.17. The lowest BCUT2D eigenvalue weighted by atomic mass is 9.87. The van der Waals surface area contributed by atoms with Crippen LogP contribution in [0.1, 0.15) is 38.8 Å². The quantitative estimate of drug-likeness (QED) is 0.455. The van der Waals surface area contributed by atoms with Gasteiger partial charge in [-0.2, -0.15) is 5.10 Å². The van der Waals surface area contributed by atoms with Crippen molar-refractivity contribution in [2.75, 3.05) is 12.4 Å². The van der Waals surface area contributed by atoms with Gasteiger partial charge in [0.15, 0.2) is 0 Å². The number of hydrogen-bond donors (Lipinski definition) is 2. The number of anilines is 1. The maximum atomic E-state index is 12.2. The van der Waals surface area contributed by atoms with Crippen molar-refractivity contribution in [3.63, 3.8) is 0 Å². The molecule has 1 unspecified atom stereocenters. The number of hydrogen-bond acceptors (Lipinski definition) is 4. The van der Waals surface area contributed by atoms with Crippen molar-refractivity contribution in [3.8, 4) is 5.75 Å². The van der Waals surface area contributed by atoms with Crippen LogP contribution < -0.4 is 15.5 Å². The van der Waals surface area contributed by atoms with E-state index in [1.165, 1.54) is 12.5 Å². The van der Waals surface area contributed by atoms with Gasteiger partial charge in [-0.1, -0.05) is 45.0 Å². The highest BCUT2D eigenvalue weighted by molar-refractivity contribution is 6.06. The van der Waals surface area contributed by atoms with E-state index in [-0.39, 0.29) is 5.41 Å². The lowest BCUT2D eigenvalue weighted by molar-refractivity contribution is -0.131.